The zero-order valence-corrected chi connectivity index (χ0v) is 6.22. The van der Waals surface area contributed by atoms with Gasteiger partial charge < -0.3 is 5.32 Å². The molecule has 0 saturated heterocycles. The molecule has 0 unspecified atom stereocenters. The van der Waals surface area contributed by atoms with Gasteiger partial charge in [-0.15, -0.1) is 0 Å². The highest BCUT2D eigenvalue weighted by Crippen LogP contribution is 2.13. The molecule has 2 N–H and O–H groups in total. The molecule has 60 valence electrons. The summed E-state index contributed by atoms with van der Waals surface area (Å²) in [6.07, 6.45) is 0. The summed E-state index contributed by atoms with van der Waals surface area (Å²) in [5.74, 6) is -0.0680. The number of carbonyl (C=O) groups excluding carboxylic acids is 1. The van der Waals surface area contributed by atoms with E-state index in [0.717, 1.165) is 0 Å². The van der Waals surface area contributed by atoms with Gasteiger partial charge in [-0.25, -0.2) is 0 Å². The van der Waals surface area contributed by atoms with Gasteiger partial charge in [-0.05, 0) is 0 Å². The van der Waals surface area contributed by atoms with Gasteiger partial charge in [0.1, 0.15) is 6.07 Å². The summed E-state index contributed by atoms with van der Waals surface area (Å²) in [6.45, 7) is 0.872. The third-order valence-electron chi connectivity index (χ3n) is 1.81. The normalized spacial score (nSPS) is 15.4. The Hall–Kier alpha value is -1.67. The molecule has 1 aliphatic rings. The van der Waals surface area contributed by atoms with Crippen molar-refractivity contribution in [3.05, 3.63) is 17.0 Å². The van der Waals surface area contributed by atoms with Crippen molar-refractivity contribution in [2.75, 3.05) is 6.54 Å². The van der Waals surface area contributed by atoms with E-state index in [0.29, 0.717) is 24.3 Å². The molecule has 2 rings (SSSR count). The van der Waals surface area contributed by atoms with Crippen molar-refractivity contribution in [2.45, 2.75) is 6.54 Å². The van der Waals surface area contributed by atoms with E-state index >= 15 is 0 Å². The number of carbonyl (C=O) groups is 1. The lowest BCUT2D eigenvalue weighted by Gasteiger charge is -2.09. The first-order valence-electron chi connectivity index (χ1n) is 3.54. The first-order chi connectivity index (χ1) is 5.83. The van der Waals surface area contributed by atoms with Crippen LogP contribution >= 0.6 is 0 Å². The molecular formula is C7H6N4O. The van der Waals surface area contributed by atoms with Gasteiger partial charge in [0.25, 0.3) is 0 Å². The van der Waals surface area contributed by atoms with Crippen LogP contribution in [0.4, 0.5) is 0 Å². The molecule has 0 radical (unpaired) electrons. The molecule has 0 atom stereocenters. The van der Waals surface area contributed by atoms with Crippen LogP contribution in [0, 0.1) is 11.3 Å². The van der Waals surface area contributed by atoms with Crippen LogP contribution in [0.2, 0.25) is 0 Å². The van der Waals surface area contributed by atoms with Crippen molar-refractivity contribution in [1.29, 1.82) is 5.26 Å². The number of ketones is 1. The summed E-state index contributed by atoms with van der Waals surface area (Å²) in [7, 11) is 0. The Balaban J connectivity index is 2.59. The number of fused-ring (bicyclic) bond motifs is 1. The van der Waals surface area contributed by atoms with Gasteiger partial charge in [-0.1, -0.05) is 0 Å². The molecule has 2 heterocycles. The van der Waals surface area contributed by atoms with Gasteiger partial charge in [0, 0.05) is 6.54 Å². The first kappa shape index (κ1) is 7.00. The molecule has 0 spiro atoms. The average Bonchev–Trinajstić information content (AvgIpc) is 2.49. The molecule has 0 bridgehead atoms. The third kappa shape index (κ3) is 0.822. The number of nitrogens with one attached hydrogen (secondary N) is 2. The summed E-state index contributed by atoms with van der Waals surface area (Å²) in [4.78, 5) is 11.3. The van der Waals surface area contributed by atoms with Gasteiger partial charge >= 0.3 is 0 Å². The van der Waals surface area contributed by atoms with Crippen molar-refractivity contribution < 1.29 is 4.79 Å². The van der Waals surface area contributed by atoms with Gasteiger partial charge in [-0.2, -0.15) is 10.4 Å². The quantitative estimate of drug-likeness (QED) is 0.542. The second kappa shape index (κ2) is 2.43. The fourth-order valence-electron chi connectivity index (χ4n) is 1.28. The Morgan fingerprint density at radius 1 is 1.50 bits per heavy atom. The van der Waals surface area contributed by atoms with E-state index in [1.165, 1.54) is 0 Å². The molecule has 0 amide bonds. The zero-order valence-electron chi connectivity index (χ0n) is 6.22. The number of hydrogen-bond donors (Lipinski definition) is 2. The van der Waals surface area contributed by atoms with E-state index in [4.69, 9.17) is 5.26 Å². The van der Waals surface area contributed by atoms with E-state index in [1.807, 2.05) is 6.07 Å². The number of Topliss-reactive ketones (excluding diaryl/α,β-unsaturated/α-hetero) is 1. The van der Waals surface area contributed by atoms with Crippen LogP contribution in [-0.4, -0.2) is 22.5 Å². The molecule has 0 fully saturated rings. The lowest BCUT2D eigenvalue weighted by Crippen LogP contribution is -2.29. The largest absolute Gasteiger partial charge is 0.304 e. The highest BCUT2D eigenvalue weighted by Gasteiger charge is 2.23. The van der Waals surface area contributed by atoms with Crippen molar-refractivity contribution in [1.82, 2.24) is 15.5 Å². The molecule has 5 nitrogen and oxygen atoms in total. The predicted octanol–water partition coefficient (Wildman–Crippen LogP) is -0.433. The van der Waals surface area contributed by atoms with Crippen molar-refractivity contribution in [3.63, 3.8) is 0 Å². The molecule has 1 aliphatic heterocycles. The number of H-pyrrole nitrogens is 1. The summed E-state index contributed by atoms with van der Waals surface area (Å²) in [5.41, 5.74) is 1.37. The minimum absolute atomic E-state index is 0.0680. The van der Waals surface area contributed by atoms with Crippen LogP contribution in [0.3, 0.4) is 0 Å². The Labute approximate surface area is 68.4 Å². The van der Waals surface area contributed by atoms with E-state index in [2.05, 4.69) is 15.5 Å². The van der Waals surface area contributed by atoms with Gasteiger partial charge in [0.15, 0.2) is 11.5 Å². The minimum Gasteiger partial charge on any atom is -0.304 e. The highest BCUT2D eigenvalue weighted by molar-refractivity contribution is 6.01. The lowest BCUT2D eigenvalue weighted by molar-refractivity contribution is 0.0982. The van der Waals surface area contributed by atoms with Crippen molar-refractivity contribution in [3.8, 4) is 6.07 Å². The molecule has 1 aromatic heterocycles. The van der Waals surface area contributed by atoms with Crippen molar-refractivity contribution >= 4 is 5.78 Å². The molecule has 0 saturated carbocycles. The smallest absolute Gasteiger partial charge is 0.181 e. The van der Waals surface area contributed by atoms with Crippen LogP contribution in [0.25, 0.3) is 0 Å². The summed E-state index contributed by atoms with van der Waals surface area (Å²) in [6, 6.07) is 1.87. The van der Waals surface area contributed by atoms with E-state index in [1.54, 1.807) is 0 Å². The van der Waals surface area contributed by atoms with Crippen molar-refractivity contribution in [2.24, 2.45) is 0 Å². The Morgan fingerprint density at radius 2 is 2.33 bits per heavy atom. The molecule has 5 heteroatoms. The molecule has 0 aromatic carbocycles. The fourth-order valence-corrected chi connectivity index (χ4v) is 1.28. The van der Waals surface area contributed by atoms with Gasteiger partial charge in [0.2, 0.25) is 0 Å². The van der Waals surface area contributed by atoms with Crippen LogP contribution in [0.1, 0.15) is 21.7 Å². The van der Waals surface area contributed by atoms with E-state index in [-0.39, 0.29) is 11.5 Å². The van der Waals surface area contributed by atoms with Crippen LogP contribution in [0.5, 0.6) is 0 Å². The first-order valence-corrected chi connectivity index (χ1v) is 3.54. The number of hydrogen-bond acceptors (Lipinski definition) is 4. The number of nitriles is 1. The van der Waals surface area contributed by atoms with Gasteiger partial charge in [-0.3, -0.25) is 9.89 Å². The Kier molecular flexibility index (Phi) is 1.42. The van der Waals surface area contributed by atoms with E-state index < -0.39 is 0 Å². The second-order valence-corrected chi connectivity index (χ2v) is 2.56. The van der Waals surface area contributed by atoms with Gasteiger partial charge in [0.05, 0.1) is 17.8 Å². The lowest BCUT2D eigenvalue weighted by atomic mass is 10.1. The molecule has 1 aromatic rings. The fraction of sp³-hybridized carbons (Fsp3) is 0.286. The number of nitrogens with zero attached hydrogens (tertiary/aromatic N) is 2. The molecular weight excluding hydrogens is 156 g/mol. The summed E-state index contributed by atoms with van der Waals surface area (Å²) < 4.78 is 0. The number of rotatable bonds is 0. The topological polar surface area (TPSA) is 81.6 Å². The van der Waals surface area contributed by atoms with Crippen LogP contribution in [0.15, 0.2) is 0 Å². The molecule has 0 aliphatic carbocycles. The average molecular weight is 162 g/mol. The number of aromatic amines is 1. The Morgan fingerprint density at radius 3 is 3.08 bits per heavy atom. The standard InChI is InChI=1S/C7H6N4O/c8-1-4-7-5(11-10-4)2-9-3-6(7)12/h9H,2-3H2,(H,10,11). The van der Waals surface area contributed by atoms with Crippen LogP contribution in [-0.2, 0) is 6.54 Å². The Bertz CT molecular complexity index is 373. The monoisotopic (exact) mass is 162 g/mol. The highest BCUT2D eigenvalue weighted by atomic mass is 16.1. The zero-order chi connectivity index (χ0) is 8.55. The SMILES string of the molecule is N#Cc1n[nH]c2c1C(=O)CNC2. The second-order valence-electron chi connectivity index (χ2n) is 2.56. The van der Waals surface area contributed by atoms with E-state index in [9.17, 15) is 4.79 Å². The number of aromatic nitrogens is 2. The molecule has 12 heavy (non-hydrogen) atoms. The maximum absolute atomic E-state index is 11.3. The third-order valence-corrected chi connectivity index (χ3v) is 1.81. The summed E-state index contributed by atoms with van der Waals surface area (Å²) in [5, 5.41) is 17.9. The van der Waals surface area contributed by atoms with Crippen LogP contribution < -0.4 is 5.32 Å². The maximum atomic E-state index is 11.3. The predicted molar refractivity (Wildman–Crippen MR) is 39.3 cm³/mol. The summed E-state index contributed by atoms with van der Waals surface area (Å²) >= 11 is 0. The maximum Gasteiger partial charge on any atom is 0.181 e. The minimum atomic E-state index is -0.0680.